The molecule has 25 heavy (non-hydrogen) atoms. The van der Waals surface area contributed by atoms with Crippen LogP contribution >= 0.6 is 0 Å². The van der Waals surface area contributed by atoms with Crippen LogP contribution in [0.4, 0.5) is 4.79 Å². The quantitative estimate of drug-likeness (QED) is 0.238. The number of urea groups is 1. The van der Waals surface area contributed by atoms with Gasteiger partial charge in [-0.25, -0.2) is 9.59 Å². The number of aliphatic hydroxyl groups excluding tert-OH is 2. The van der Waals surface area contributed by atoms with E-state index in [0.717, 1.165) is 0 Å². The molecule has 0 aliphatic rings. The summed E-state index contributed by atoms with van der Waals surface area (Å²) in [4.78, 5) is 37.9. The molecule has 0 aromatic carbocycles. The number of hydrogen-bond acceptors (Lipinski definition) is 9. The van der Waals surface area contributed by atoms with E-state index in [0.29, 0.717) is 0 Å². The van der Waals surface area contributed by atoms with E-state index in [1.165, 1.54) is 6.92 Å². The van der Waals surface area contributed by atoms with Gasteiger partial charge in [-0.3, -0.25) is 4.79 Å². The van der Waals surface area contributed by atoms with Crippen molar-refractivity contribution in [2.24, 2.45) is 11.5 Å². The number of rotatable bonds is 9. The lowest BCUT2D eigenvalue weighted by molar-refractivity contribution is -0.141. The van der Waals surface area contributed by atoms with Crippen molar-refractivity contribution in [3.63, 3.8) is 0 Å². The van der Waals surface area contributed by atoms with E-state index in [4.69, 9.17) is 26.2 Å². The Balaban J connectivity index is 2.89. The third-order valence-electron chi connectivity index (χ3n) is 3.03. The minimum absolute atomic E-state index is 0.0541. The van der Waals surface area contributed by atoms with E-state index in [2.05, 4.69) is 15.5 Å². The Labute approximate surface area is 141 Å². The van der Waals surface area contributed by atoms with E-state index in [-0.39, 0.29) is 11.7 Å². The highest BCUT2D eigenvalue weighted by molar-refractivity contribution is 5.83. The Hall–Kier alpha value is -2.77. The third-order valence-corrected chi connectivity index (χ3v) is 3.03. The van der Waals surface area contributed by atoms with E-state index in [9.17, 15) is 19.5 Å². The number of carbonyl (C=O) groups excluding carboxylic acids is 2. The fourth-order valence-corrected chi connectivity index (χ4v) is 1.75. The largest absolute Gasteiger partial charge is 0.480 e. The molecular formula is C12H20N6O7. The molecule has 0 bridgehead atoms. The van der Waals surface area contributed by atoms with Crippen molar-refractivity contribution in [2.75, 3.05) is 6.61 Å². The Kier molecular flexibility index (Phi) is 7.22. The van der Waals surface area contributed by atoms with Gasteiger partial charge in [0, 0.05) is 0 Å². The maximum Gasteiger partial charge on any atom is 0.328 e. The molecule has 0 radical (unpaired) electrons. The number of primary amides is 1. The topological polar surface area (TPSA) is 227 Å². The molecule has 9 N–H and O–H groups in total. The molecule has 1 aromatic rings. The van der Waals surface area contributed by atoms with Crippen molar-refractivity contribution in [2.45, 2.75) is 37.6 Å². The molecule has 0 saturated carbocycles. The van der Waals surface area contributed by atoms with Gasteiger partial charge >= 0.3 is 12.0 Å². The number of nitrogens with two attached hydrogens (primary N) is 2. The first-order chi connectivity index (χ1) is 11.6. The monoisotopic (exact) mass is 360 g/mol. The molecule has 0 saturated heterocycles. The summed E-state index contributed by atoms with van der Waals surface area (Å²) in [7, 11) is 0. The number of aromatic nitrogens is 2. The second-order valence-corrected chi connectivity index (χ2v) is 5.18. The molecule has 0 aliphatic heterocycles. The van der Waals surface area contributed by atoms with Gasteiger partial charge in [-0.2, -0.15) is 4.98 Å². The number of amides is 3. The van der Waals surface area contributed by atoms with Crippen LogP contribution < -0.4 is 22.1 Å². The summed E-state index contributed by atoms with van der Waals surface area (Å²) in [5, 5.41) is 35.0. The molecule has 140 valence electrons. The second-order valence-electron chi connectivity index (χ2n) is 5.18. The molecule has 13 heteroatoms. The molecule has 3 amide bonds. The first-order valence-corrected chi connectivity index (χ1v) is 7.11. The fraction of sp³-hybridized carbons (Fsp3) is 0.583. The van der Waals surface area contributed by atoms with Crippen LogP contribution in [-0.4, -0.2) is 62.1 Å². The van der Waals surface area contributed by atoms with Gasteiger partial charge in [0.25, 0.3) is 0 Å². The van der Waals surface area contributed by atoms with E-state index in [1.807, 2.05) is 5.32 Å². The average Bonchev–Trinajstić information content (AvgIpc) is 3.00. The smallest absolute Gasteiger partial charge is 0.328 e. The summed E-state index contributed by atoms with van der Waals surface area (Å²) in [5.41, 5.74) is 10.6. The SMILES string of the molecule is C[C@H](O)[C@H](NC(=O)N[C@@H](CC(N)=O)c1nc([C@H](N)CO)no1)C(=O)O. The molecular weight excluding hydrogens is 340 g/mol. The highest BCUT2D eigenvalue weighted by atomic mass is 16.5. The highest BCUT2D eigenvalue weighted by Gasteiger charge is 2.29. The molecule has 0 spiro atoms. The van der Waals surface area contributed by atoms with Gasteiger partial charge in [-0.15, -0.1) is 0 Å². The van der Waals surface area contributed by atoms with Gasteiger partial charge < -0.3 is 41.9 Å². The van der Waals surface area contributed by atoms with Gasteiger partial charge in [0.05, 0.1) is 25.2 Å². The summed E-state index contributed by atoms with van der Waals surface area (Å²) in [6.45, 7) is 0.725. The minimum atomic E-state index is -1.57. The first kappa shape index (κ1) is 20.3. The molecule has 1 aromatic heterocycles. The summed E-state index contributed by atoms with van der Waals surface area (Å²) < 4.78 is 4.88. The van der Waals surface area contributed by atoms with Crippen molar-refractivity contribution in [1.82, 2.24) is 20.8 Å². The van der Waals surface area contributed by atoms with Gasteiger partial charge in [0.2, 0.25) is 11.8 Å². The number of hydrogen-bond donors (Lipinski definition) is 7. The molecule has 0 unspecified atom stereocenters. The predicted molar refractivity (Wildman–Crippen MR) is 79.6 cm³/mol. The molecule has 4 atom stereocenters. The van der Waals surface area contributed by atoms with Crippen LogP contribution in [0.5, 0.6) is 0 Å². The minimum Gasteiger partial charge on any atom is -0.480 e. The molecule has 0 aliphatic carbocycles. The number of aliphatic hydroxyl groups is 2. The maximum absolute atomic E-state index is 11.9. The van der Waals surface area contributed by atoms with Crippen LogP contribution in [-0.2, 0) is 9.59 Å². The second kappa shape index (κ2) is 8.91. The lowest BCUT2D eigenvalue weighted by Gasteiger charge is -2.19. The predicted octanol–water partition coefficient (Wildman–Crippen LogP) is -2.89. The lowest BCUT2D eigenvalue weighted by atomic mass is 10.2. The van der Waals surface area contributed by atoms with Gasteiger partial charge in [-0.05, 0) is 6.92 Å². The Morgan fingerprint density at radius 2 is 1.96 bits per heavy atom. The summed E-state index contributed by atoms with van der Waals surface area (Å²) >= 11 is 0. The first-order valence-electron chi connectivity index (χ1n) is 7.11. The average molecular weight is 360 g/mol. The van der Waals surface area contributed by atoms with E-state index in [1.54, 1.807) is 0 Å². The number of nitrogens with one attached hydrogen (secondary N) is 2. The van der Waals surface area contributed by atoms with Crippen molar-refractivity contribution in [1.29, 1.82) is 0 Å². The third kappa shape index (κ3) is 5.98. The van der Waals surface area contributed by atoms with Crippen LogP contribution in [0.1, 0.15) is 37.1 Å². The van der Waals surface area contributed by atoms with Crippen LogP contribution in [0.2, 0.25) is 0 Å². The van der Waals surface area contributed by atoms with Gasteiger partial charge in [-0.1, -0.05) is 5.16 Å². The Morgan fingerprint density at radius 1 is 1.32 bits per heavy atom. The van der Waals surface area contributed by atoms with Crippen LogP contribution in [0, 0.1) is 0 Å². The van der Waals surface area contributed by atoms with Crippen LogP contribution in [0.25, 0.3) is 0 Å². The molecule has 0 fully saturated rings. The van der Waals surface area contributed by atoms with Gasteiger partial charge in [0.1, 0.15) is 6.04 Å². The Bertz CT molecular complexity index is 619. The van der Waals surface area contributed by atoms with Crippen molar-refractivity contribution >= 4 is 17.9 Å². The summed E-state index contributed by atoms with van der Waals surface area (Å²) in [6.07, 6.45) is -1.79. The van der Waals surface area contributed by atoms with E-state index < -0.39 is 55.2 Å². The molecule has 1 rings (SSSR count). The van der Waals surface area contributed by atoms with Crippen LogP contribution in [0.3, 0.4) is 0 Å². The Morgan fingerprint density at radius 3 is 2.44 bits per heavy atom. The normalized spacial score (nSPS) is 15.7. The van der Waals surface area contributed by atoms with Crippen LogP contribution in [0.15, 0.2) is 4.52 Å². The zero-order chi connectivity index (χ0) is 19.1. The highest BCUT2D eigenvalue weighted by Crippen LogP contribution is 2.16. The zero-order valence-electron chi connectivity index (χ0n) is 13.2. The number of carboxylic acids is 1. The standard InChI is InChI=1S/C12H20N6O7/c1-4(20)8(11(22)23)16-12(24)15-6(2-7(14)21)10-17-9(18-25-10)5(13)3-19/h4-6,8,19-20H,2-3,13H2,1H3,(H2,14,21)(H,22,23)(H2,15,16,24)/t4-,5+,6-,8-/m0/s1. The molecule has 1 heterocycles. The van der Waals surface area contributed by atoms with E-state index >= 15 is 0 Å². The number of carboxylic acid groups (broad SMARTS) is 1. The number of nitrogens with zero attached hydrogens (tertiary/aromatic N) is 2. The summed E-state index contributed by atoms with van der Waals surface area (Å²) in [5.74, 6) is -2.52. The zero-order valence-corrected chi connectivity index (χ0v) is 13.2. The van der Waals surface area contributed by atoms with Crippen molar-refractivity contribution in [3.05, 3.63) is 11.7 Å². The number of carbonyl (C=O) groups is 3. The maximum atomic E-state index is 11.9. The lowest BCUT2D eigenvalue weighted by Crippen LogP contribution is -2.52. The fourth-order valence-electron chi connectivity index (χ4n) is 1.75. The van der Waals surface area contributed by atoms with Crippen molar-refractivity contribution in [3.8, 4) is 0 Å². The van der Waals surface area contributed by atoms with Gasteiger partial charge in [0.15, 0.2) is 11.9 Å². The number of aliphatic carboxylic acids is 1. The van der Waals surface area contributed by atoms with Crippen molar-refractivity contribution < 1.29 is 34.2 Å². The molecule has 13 nitrogen and oxygen atoms in total. The summed E-state index contributed by atoms with van der Waals surface area (Å²) in [6, 6.07) is -4.67.